The summed E-state index contributed by atoms with van der Waals surface area (Å²) in [4.78, 5) is 16.4. The summed E-state index contributed by atoms with van der Waals surface area (Å²) in [5.74, 6) is -0.247. The molecule has 1 aliphatic heterocycles. The van der Waals surface area contributed by atoms with Gasteiger partial charge in [0.05, 0.1) is 17.6 Å². The second-order valence-corrected chi connectivity index (χ2v) is 9.25. The van der Waals surface area contributed by atoms with Gasteiger partial charge >= 0.3 is 12.1 Å². The van der Waals surface area contributed by atoms with Crippen molar-refractivity contribution < 1.29 is 32.5 Å². The third-order valence-electron chi connectivity index (χ3n) is 5.28. The lowest BCUT2D eigenvalue weighted by atomic mass is 9.66. The van der Waals surface area contributed by atoms with Crippen LogP contribution in [-0.4, -0.2) is 54.0 Å². The number of hydrogen-bond donors (Lipinski definition) is 2. The van der Waals surface area contributed by atoms with Crippen molar-refractivity contribution in [3.05, 3.63) is 35.1 Å². The van der Waals surface area contributed by atoms with Crippen molar-refractivity contribution in [1.29, 1.82) is 0 Å². The van der Waals surface area contributed by atoms with Crippen LogP contribution in [0.4, 0.5) is 19.0 Å². The molecule has 0 saturated heterocycles. The maximum Gasteiger partial charge on any atom is 0.396 e. The normalized spacial score (nSPS) is 22.0. The number of esters is 1. The van der Waals surface area contributed by atoms with Crippen LogP contribution in [0.3, 0.4) is 0 Å². The van der Waals surface area contributed by atoms with Gasteiger partial charge in [0.1, 0.15) is 30.6 Å². The van der Waals surface area contributed by atoms with Crippen molar-refractivity contribution in [3.8, 4) is 0 Å². The van der Waals surface area contributed by atoms with Gasteiger partial charge in [-0.15, -0.1) is 0 Å². The van der Waals surface area contributed by atoms with E-state index in [4.69, 9.17) is 28.9 Å². The molecule has 1 aromatic heterocycles. The SMILES string of the molecule is [B]C(O)(CCOC1C=CN(c2ccc(C(=O)OC(C)(C)C)c(Cl)n2)N1)C1(C(F)(F)F)CC1. The van der Waals surface area contributed by atoms with Gasteiger partial charge in [0.25, 0.3) is 0 Å². The molecule has 2 heterocycles. The molecule has 1 fully saturated rings. The number of alkyl halides is 3. The van der Waals surface area contributed by atoms with Crippen LogP contribution in [-0.2, 0) is 9.47 Å². The Labute approximate surface area is 190 Å². The van der Waals surface area contributed by atoms with E-state index in [0.717, 1.165) is 0 Å². The third-order valence-corrected chi connectivity index (χ3v) is 5.57. The summed E-state index contributed by atoms with van der Waals surface area (Å²) in [7, 11) is 5.58. The van der Waals surface area contributed by atoms with Crippen LogP contribution in [0.25, 0.3) is 0 Å². The maximum atomic E-state index is 13.2. The minimum Gasteiger partial charge on any atom is -0.456 e. The molecule has 1 saturated carbocycles. The van der Waals surface area contributed by atoms with Gasteiger partial charge < -0.3 is 14.6 Å². The lowest BCUT2D eigenvalue weighted by molar-refractivity contribution is -0.226. The Morgan fingerprint density at radius 3 is 2.56 bits per heavy atom. The highest BCUT2D eigenvalue weighted by Crippen LogP contribution is 2.63. The molecular formula is C20H24BClF3N3O4. The topological polar surface area (TPSA) is 83.9 Å². The fraction of sp³-hybridized carbons (Fsp3) is 0.600. The highest BCUT2D eigenvalue weighted by Gasteiger charge is 2.70. The zero-order valence-corrected chi connectivity index (χ0v) is 18.6. The number of carbonyl (C=O) groups is 1. The molecule has 1 aliphatic carbocycles. The van der Waals surface area contributed by atoms with E-state index < -0.39 is 34.9 Å². The number of hydrogen-bond acceptors (Lipinski definition) is 7. The smallest absolute Gasteiger partial charge is 0.396 e. The number of nitrogens with zero attached hydrogens (tertiary/aromatic N) is 2. The van der Waals surface area contributed by atoms with E-state index in [1.165, 1.54) is 11.1 Å². The minimum absolute atomic E-state index is 0.0496. The van der Waals surface area contributed by atoms with Crippen molar-refractivity contribution in [1.82, 2.24) is 10.4 Å². The van der Waals surface area contributed by atoms with E-state index in [-0.39, 0.29) is 36.6 Å². The Hall–Kier alpha value is -1.82. The zero-order chi connectivity index (χ0) is 23.9. The maximum absolute atomic E-state index is 13.2. The molecule has 2 atom stereocenters. The van der Waals surface area contributed by atoms with Crippen LogP contribution >= 0.6 is 11.6 Å². The lowest BCUT2D eigenvalue weighted by Crippen LogP contribution is -2.49. The monoisotopic (exact) mass is 473 g/mol. The number of ether oxygens (including phenoxy) is 2. The summed E-state index contributed by atoms with van der Waals surface area (Å²) < 4.78 is 50.4. The first kappa shape index (κ1) is 24.8. The number of aromatic nitrogens is 1. The number of halogens is 4. The van der Waals surface area contributed by atoms with Crippen LogP contribution in [0.1, 0.15) is 50.4 Å². The van der Waals surface area contributed by atoms with Gasteiger partial charge in [-0.05, 0) is 58.2 Å². The zero-order valence-electron chi connectivity index (χ0n) is 17.9. The fourth-order valence-electron chi connectivity index (χ4n) is 3.33. The van der Waals surface area contributed by atoms with Gasteiger partial charge in [-0.3, -0.25) is 5.01 Å². The predicted octanol–water partition coefficient (Wildman–Crippen LogP) is 3.46. The molecule has 2 radical (unpaired) electrons. The van der Waals surface area contributed by atoms with Crippen LogP contribution in [0.2, 0.25) is 5.15 Å². The van der Waals surface area contributed by atoms with Crippen LogP contribution < -0.4 is 10.4 Å². The third kappa shape index (κ3) is 5.22. The van der Waals surface area contributed by atoms with E-state index in [1.54, 1.807) is 39.1 Å². The van der Waals surface area contributed by atoms with Crippen molar-refractivity contribution in [2.45, 2.75) is 63.5 Å². The van der Waals surface area contributed by atoms with Crippen molar-refractivity contribution in [2.75, 3.05) is 11.6 Å². The molecule has 0 bridgehead atoms. The highest BCUT2D eigenvalue weighted by atomic mass is 35.5. The lowest BCUT2D eigenvalue weighted by Gasteiger charge is -2.35. The fourth-order valence-corrected chi connectivity index (χ4v) is 3.56. The molecule has 7 nitrogen and oxygen atoms in total. The number of anilines is 1. The molecule has 0 amide bonds. The molecule has 2 unspecified atom stereocenters. The van der Waals surface area contributed by atoms with Crippen LogP contribution in [0, 0.1) is 5.41 Å². The van der Waals surface area contributed by atoms with Crippen molar-refractivity contribution >= 4 is 31.2 Å². The van der Waals surface area contributed by atoms with Gasteiger partial charge in [-0.25, -0.2) is 9.78 Å². The first-order valence-electron chi connectivity index (χ1n) is 9.98. The van der Waals surface area contributed by atoms with E-state index in [0.29, 0.717) is 5.82 Å². The molecule has 0 spiro atoms. The minimum atomic E-state index is -4.57. The predicted molar refractivity (Wildman–Crippen MR) is 112 cm³/mol. The molecule has 2 aliphatic rings. The van der Waals surface area contributed by atoms with E-state index in [1.807, 2.05) is 0 Å². The Morgan fingerprint density at radius 2 is 2.03 bits per heavy atom. The molecule has 32 heavy (non-hydrogen) atoms. The van der Waals surface area contributed by atoms with E-state index >= 15 is 0 Å². The molecule has 174 valence electrons. The Morgan fingerprint density at radius 1 is 1.38 bits per heavy atom. The van der Waals surface area contributed by atoms with Crippen molar-refractivity contribution in [3.63, 3.8) is 0 Å². The second kappa shape index (κ2) is 8.51. The van der Waals surface area contributed by atoms with Gasteiger partial charge in [0.15, 0.2) is 0 Å². The van der Waals surface area contributed by atoms with Crippen LogP contribution in [0.5, 0.6) is 0 Å². The Bertz CT molecular complexity index is 901. The first-order chi connectivity index (χ1) is 14.7. The molecule has 1 aromatic rings. The molecule has 0 aromatic carbocycles. The van der Waals surface area contributed by atoms with Crippen LogP contribution in [0.15, 0.2) is 24.4 Å². The number of pyridine rings is 1. The van der Waals surface area contributed by atoms with E-state index in [2.05, 4.69) is 10.4 Å². The Kier molecular flexibility index (Phi) is 6.60. The summed E-state index contributed by atoms with van der Waals surface area (Å²) in [6.07, 6.45) is -2.86. The first-order valence-corrected chi connectivity index (χ1v) is 10.4. The van der Waals surface area contributed by atoms with Gasteiger partial charge in [0.2, 0.25) is 0 Å². The molecular weight excluding hydrogens is 449 g/mol. The average molecular weight is 474 g/mol. The standard InChI is InChI=1S/C20H24BClF3N3O4/c1-17(2,3)32-16(29)12-4-5-13(26-15(12)22)28-10-6-14(27-28)31-11-9-19(21,30)18(7-8-18)20(23,24)25/h4-6,10,14,27,30H,7-9,11H2,1-3H3. The molecule has 12 heteroatoms. The summed E-state index contributed by atoms with van der Waals surface area (Å²) in [5.41, 5.74) is -2.34. The molecule has 3 rings (SSSR count). The summed E-state index contributed by atoms with van der Waals surface area (Å²) in [6.45, 7) is 5.00. The number of nitrogens with one attached hydrogen (secondary N) is 1. The highest BCUT2D eigenvalue weighted by molar-refractivity contribution is 6.32. The number of carbonyl (C=O) groups excluding carboxylic acids is 1. The van der Waals surface area contributed by atoms with Gasteiger partial charge in [-0.2, -0.15) is 18.6 Å². The largest absolute Gasteiger partial charge is 0.456 e. The number of hydrazine groups is 1. The molecule has 2 N–H and O–H groups in total. The van der Waals surface area contributed by atoms with E-state index in [9.17, 15) is 23.1 Å². The van der Waals surface area contributed by atoms with Crippen molar-refractivity contribution in [2.24, 2.45) is 5.41 Å². The summed E-state index contributed by atoms with van der Waals surface area (Å²) in [5, 5.41) is 11.6. The Balaban J connectivity index is 1.53. The van der Waals surface area contributed by atoms with Gasteiger partial charge in [0, 0.05) is 11.7 Å². The average Bonchev–Trinajstić information content (AvgIpc) is 3.35. The second-order valence-electron chi connectivity index (χ2n) is 8.90. The number of aliphatic hydroxyl groups is 1. The summed E-state index contributed by atoms with van der Waals surface area (Å²) in [6, 6.07) is 3.02. The number of rotatable bonds is 7. The van der Waals surface area contributed by atoms with Gasteiger partial charge in [-0.1, -0.05) is 11.6 Å². The summed E-state index contributed by atoms with van der Waals surface area (Å²) >= 11 is 6.13. The quantitative estimate of drug-likeness (QED) is 0.356.